The van der Waals surface area contributed by atoms with Gasteiger partial charge >= 0.3 is 0 Å². The Kier molecular flexibility index (Phi) is 4.56. The number of thiophene rings is 1. The predicted octanol–water partition coefficient (Wildman–Crippen LogP) is 3.39. The molecular formula is C18H19N5OS. The Morgan fingerprint density at radius 1 is 1.24 bits per heavy atom. The summed E-state index contributed by atoms with van der Waals surface area (Å²) in [6, 6.07) is 11.6. The van der Waals surface area contributed by atoms with E-state index in [-0.39, 0.29) is 11.9 Å². The fourth-order valence-corrected chi connectivity index (χ4v) is 4.34. The minimum Gasteiger partial charge on any atom is -0.344 e. The van der Waals surface area contributed by atoms with Crippen LogP contribution in [0, 0.1) is 5.92 Å². The first-order valence-electron chi connectivity index (χ1n) is 8.49. The second kappa shape index (κ2) is 7.14. The van der Waals surface area contributed by atoms with Crippen LogP contribution < -0.4 is 5.32 Å². The van der Waals surface area contributed by atoms with Gasteiger partial charge in [0, 0.05) is 10.4 Å². The summed E-state index contributed by atoms with van der Waals surface area (Å²) in [5, 5.41) is 16.5. The molecule has 1 amide bonds. The predicted molar refractivity (Wildman–Crippen MR) is 95.6 cm³/mol. The molecule has 0 radical (unpaired) electrons. The lowest BCUT2D eigenvalue weighted by atomic mass is 9.96. The average molecular weight is 353 g/mol. The molecule has 0 bridgehead atoms. The molecule has 1 atom stereocenters. The highest BCUT2D eigenvalue weighted by Gasteiger charge is 2.28. The molecule has 3 aromatic rings. The van der Waals surface area contributed by atoms with Gasteiger partial charge in [-0.2, -0.15) is 0 Å². The van der Waals surface area contributed by atoms with Crippen LogP contribution in [-0.2, 0) is 0 Å². The number of rotatable bonds is 5. The largest absolute Gasteiger partial charge is 0.344 e. The Morgan fingerprint density at radius 3 is 2.84 bits per heavy atom. The summed E-state index contributed by atoms with van der Waals surface area (Å²) in [5.74, 6) is 0.463. The minimum absolute atomic E-state index is 0.0553. The highest BCUT2D eigenvalue weighted by atomic mass is 32.1. The first-order chi connectivity index (χ1) is 12.3. The van der Waals surface area contributed by atoms with Crippen LogP contribution in [0.1, 0.15) is 47.0 Å². The van der Waals surface area contributed by atoms with Crippen LogP contribution in [0.5, 0.6) is 0 Å². The van der Waals surface area contributed by atoms with Crippen LogP contribution >= 0.6 is 11.3 Å². The summed E-state index contributed by atoms with van der Waals surface area (Å²) in [4.78, 5) is 14.1. The lowest BCUT2D eigenvalue weighted by molar-refractivity contribution is 0.0923. The maximum Gasteiger partial charge on any atom is 0.251 e. The van der Waals surface area contributed by atoms with E-state index < -0.39 is 0 Å². The van der Waals surface area contributed by atoms with E-state index in [1.54, 1.807) is 16.0 Å². The first-order valence-corrected chi connectivity index (χ1v) is 9.37. The van der Waals surface area contributed by atoms with Crippen molar-refractivity contribution in [2.24, 2.45) is 5.92 Å². The second-order valence-corrected chi connectivity index (χ2v) is 7.30. The van der Waals surface area contributed by atoms with Gasteiger partial charge in [0.2, 0.25) is 0 Å². The zero-order valence-corrected chi connectivity index (χ0v) is 14.5. The third-order valence-electron chi connectivity index (χ3n) is 4.73. The number of aromatic nitrogens is 4. The number of hydrogen-bond donors (Lipinski definition) is 1. The maximum absolute atomic E-state index is 12.9. The van der Waals surface area contributed by atoms with Crippen molar-refractivity contribution in [1.82, 2.24) is 25.5 Å². The van der Waals surface area contributed by atoms with Crippen molar-refractivity contribution < 1.29 is 4.79 Å². The van der Waals surface area contributed by atoms with E-state index in [0.29, 0.717) is 11.5 Å². The first kappa shape index (κ1) is 16.0. The van der Waals surface area contributed by atoms with Crippen molar-refractivity contribution in [3.8, 4) is 5.69 Å². The SMILES string of the molecule is O=C(N[C@@H](c1cccs1)C1CCCC1)c1cccc(-n2cnnn2)c1. The van der Waals surface area contributed by atoms with Gasteiger partial charge in [0.05, 0.1) is 11.7 Å². The van der Waals surface area contributed by atoms with Crippen molar-refractivity contribution >= 4 is 17.2 Å². The second-order valence-electron chi connectivity index (χ2n) is 6.32. The van der Waals surface area contributed by atoms with E-state index in [9.17, 15) is 4.79 Å². The number of carbonyl (C=O) groups is 1. The minimum atomic E-state index is -0.0553. The maximum atomic E-state index is 12.9. The number of amides is 1. The van der Waals surface area contributed by atoms with Gasteiger partial charge < -0.3 is 5.32 Å². The molecule has 2 heterocycles. The summed E-state index contributed by atoms with van der Waals surface area (Å²) < 4.78 is 1.55. The molecule has 1 N–H and O–H groups in total. The smallest absolute Gasteiger partial charge is 0.251 e. The van der Waals surface area contributed by atoms with Gasteiger partial charge in [0.25, 0.3) is 5.91 Å². The van der Waals surface area contributed by atoms with E-state index in [4.69, 9.17) is 0 Å². The van der Waals surface area contributed by atoms with Crippen LogP contribution in [0.2, 0.25) is 0 Å². The van der Waals surface area contributed by atoms with Gasteiger partial charge in [-0.3, -0.25) is 4.79 Å². The third kappa shape index (κ3) is 3.46. The number of tetrazole rings is 1. The Hall–Kier alpha value is -2.54. The average Bonchev–Trinajstić information content (AvgIpc) is 3.43. The van der Waals surface area contributed by atoms with Gasteiger partial charge in [-0.05, 0) is 58.8 Å². The molecule has 7 heteroatoms. The van der Waals surface area contributed by atoms with Gasteiger partial charge in [0.1, 0.15) is 6.33 Å². The molecule has 1 aromatic carbocycles. The Morgan fingerprint density at radius 2 is 2.12 bits per heavy atom. The standard InChI is InChI=1S/C18H19N5OS/c24-18(14-7-3-8-15(11-14)23-12-19-21-22-23)20-17(13-5-1-2-6-13)16-9-4-10-25-16/h3-4,7-13,17H,1-2,5-6H2,(H,20,24)/t17-/m1/s1. The van der Waals surface area contributed by atoms with Crippen LogP contribution in [0.15, 0.2) is 48.1 Å². The van der Waals surface area contributed by atoms with Gasteiger partial charge in [-0.25, -0.2) is 4.68 Å². The van der Waals surface area contributed by atoms with Crippen molar-refractivity contribution in [1.29, 1.82) is 0 Å². The molecule has 1 aliphatic carbocycles. The van der Waals surface area contributed by atoms with Crippen LogP contribution in [0.4, 0.5) is 0 Å². The van der Waals surface area contributed by atoms with Crippen LogP contribution in [0.3, 0.4) is 0 Å². The summed E-state index contributed by atoms with van der Waals surface area (Å²) in [7, 11) is 0. The summed E-state index contributed by atoms with van der Waals surface area (Å²) >= 11 is 1.71. The van der Waals surface area contributed by atoms with E-state index in [1.165, 1.54) is 36.9 Å². The topological polar surface area (TPSA) is 72.7 Å². The number of benzene rings is 1. The summed E-state index contributed by atoms with van der Waals surface area (Å²) in [6.07, 6.45) is 6.36. The monoisotopic (exact) mass is 353 g/mol. The van der Waals surface area contributed by atoms with Crippen molar-refractivity contribution in [3.63, 3.8) is 0 Å². The third-order valence-corrected chi connectivity index (χ3v) is 5.68. The molecule has 25 heavy (non-hydrogen) atoms. The Bertz CT molecular complexity index is 825. The fraction of sp³-hybridized carbons (Fsp3) is 0.333. The van der Waals surface area contributed by atoms with Gasteiger partial charge in [-0.1, -0.05) is 25.0 Å². The zero-order valence-electron chi connectivity index (χ0n) is 13.7. The molecular weight excluding hydrogens is 334 g/mol. The number of nitrogens with zero attached hydrogens (tertiary/aromatic N) is 4. The van der Waals surface area contributed by atoms with Crippen molar-refractivity contribution in [2.75, 3.05) is 0 Å². The molecule has 0 saturated heterocycles. The zero-order chi connectivity index (χ0) is 17.1. The van der Waals surface area contributed by atoms with Crippen LogP contribution in [0.25, 0.3) is 5.69 Å². The van der Waals surface area contributed by atoms with Gasteiger partial charge in [-0.15, -0.1) is 16.4 Å². The highest BCUT2D eigenvalue weighted by Crippen LogP contribution is 2.37. The number of carbonyl (C=O) groups excluding carboxylic acids is 1. The highest BCUT2D eigenvalue weighted by molar-refractivity contribution is 7.10. The van der Waals surface area contributed by atoms with E-state index in [2.05, 4.69) is 32.3 Å². The number of nitrogens with one attached hydrogen (secondary N) is 1. The lowest BCUT2D eigenvalue weighted by Gasteiger charge is -2.24. The molecule has 0 aliphatic heterocycles. The Balaban J connectivity index is 1.56. The quantitative estimate of drug-likeness (QED) is 0.763. The molecule has 1 aliphatic rings. The molecule has 4 rings (SSSR count). The number of hydrogen-bond acceptors (Lipinski definition) is 5. The fourth-order valence-electron chi connectivity index (χ4n) is 3.47. The summed E-state index contributed by atoms with van der Waals surface area (Å²) in [5.41, 5.74) is 1.39. The molecule has 0 spiro atoms. The van der Waals surface area contributed by atoms with Crippen molar-refractivity contribution in [2.45, 2.75) is 31.7 Å². The molecule has 6 nitrogen and oxygen atoms in total. The molecule has 0 unspecified atom stereocenters. The molecule has 1 fully saturated rings. The van der Waals surface area contributed by atoms with E-state index >= 15 is 0 Å². The lowest BCUT2D eigenvalue weighted by Crippen LogP contribution is -2.32. The summed E-state index contributed by atoms with van der Waals surface area (Å²) in [6.45, 7) is 0. The molecule has 128 valence electrons. The Labute approximate surface area is 149 Å². The van der Waals surface area contributed by atoms with Crippen LogP contribution in [-0.4, -0.2) is 26.1 Å². The van der Waals surface area contributed by atoms with Crippen molar-refractivity contribution in [3.05, 3.63) is 58.5 Å². The normalized spacial score (nSPS) is 16.0. The van der Waals surface area contributed by atoms with Gasteiger partial charge in [0.15, 0.2) is 0 Å². The van der Waals surface area contributed by atoms with E-state index in [0.717, 1.165) is 5.69 Å². The molecule has 2 aromatic heterocycles. The van der Waals surface area contributed by atoms with E-state index in [1.807, 2.05) is 30.3 Å². The molecule has 1 saturated carbocycles.